The Labute approximate surface area is 96.6 Å². The van der Waals surface area contributed by atoms with Gasteiger partial charge in [-0.05, 0) is 17.5 Å². The molecular formula is C11H10N2O2S. The van der Waals surface area contributed by atoms with Gasteiger partial charge in [0, 0.05) is 23.8 Å². The predicted octanol–water partition coefficient (Wildman–Crippen LogP) is 2.45. The van der Waals surface area contributed by atoms with Crippen LogP contribution >= 0.6 is 11.3 Å². The molecule has 0 aliphatic heterocycles. The smallest absolute Gasteiger partial charge is 0.339 e. The summed E-state index contributed by atoms with van der Waals surface area (Å²) in [5.74, 6) is -0.971. The molecule has 2 N–H and O–H groups in total. The lowest BCUT2D eigenvalue weighted by Crippen LogP contribution is -2.06. The van der Waals surface area contributed by atoms with Crippen LogP contribution in [0.1, 0.15) is 15.2 Å². The van der Waals surface area contributed by atoms with E-state index < -0.39 is 5.97 Å². The van der Waals surface area contributed by atoms with Crippen LogP contribution in [0, 0.1) is 0 Å². The Bertz CT molecular complexity index is 482. The molecule has 0 saturated carbocycles. The summed E-state index contributed by atoms with van der Waals surface area (Å²) in [6.07, 6.45) is 2.92. The molecule has 0 aromatic carbocycles. The number of hydrogen-bond donors (Lipinski definition) is 2. The normalized spacial score (nSPS) is 10.0. The zero-order valence-electron chi connectivity index (χ0n) is 8.38. The van der Waals surface area contributed by atoms with Crippen molar-refractivity contribution in [3.63, 3.8) is 0 Å². The summed E-state index contributed by atoms with van der Waals surface area (Å²) < 4.78 is 0. The number of nitrogens with zero attached hydrogens (tertiary/aromatic N) is 1. The van der Waals surface area contributed by atoms with Crippen LogP contribution in [0.4, 0.5) is 5.69 Å². The van der Waals surface area contributed by atoms with Gasteiger partial charge in [0.25, 0.3) is 0 Å². The summed E-state index contributed by atoms with van der Waals surface area (Å²) >= 11 is 1.63. The molecule has 0 atom stereocenters. The molecular weight excluding hydrogens is 224 g/mol. The zero-order chi connectivity index (χ0) is 11.4. The van der Waals surface area contributed by atoms with Crippen molar-refractivity contribution in [2.75, 3.05) is 5.32 Å². The molecule has 5 heteroatoms. The molecule has 0 bridgehead atoms. The molecule has 0 saturated heterocycles. The third-order valence-electron chi connectivity index (χ3n) is 2.08. The standard InChI is InChI=1S/C11H10N2O2S/c14-11(15)9-7-12-4-3-10(9)13-6-8-2-1-5-16-8/h1-5,7H,6H2,(H,12,13)(H,14,15). The maximum absolute atomic E-state index is 10.9. The highest BCUT2D eigenvalue weighted by Crippen LogP contribution is 2.16. The maximum atomic E-state index is 10.9. The second kappa shape index (κ2) is 4.76. The number of aromatic nitrogens is 1. The van der Waals surface area contributed by atoms with Gasteiger partial charge in [-0.25, -0.2) is 4.79 Å². The van der Waals surface area contributed by atoms with Gasteiger partial charge in [0.15, 0.2) is 0 Å². The van der Waals surface area contributed by atoms with Crippen molar-refractivity contribution < 1.29 is 9.90 Å². The number of nitrogens with one attached hydrogen (secondary N) is 1. The van der Waals surface area contributed by atoms with Crippen LogP contribution in [0.25, 0.3) is 0 Å². The second-order valence-corrected chi connectivity index (χ2v) is 4.19. The molecule has 82 valence electrons. The SMILES string of the molecule is O=C(O)c1cnccc1NCc1cccs1. The number of thiophene rings is 1. The van der Waals surface area contributed by atoms with E-state index in [2.05, 4.69) is 10.3 Å². The van der Waals surface area contributed by atoms with E-state index in [-0.39, 0.29) is 5.56 Å². The van der Waals surface area contributed by atoms with Crippen LogP contribution in [0.2, 0.25) is 0 Å². The summed E-state index contributed by atoms with van der Waals surface area (Å²) in [7, 11) is 0. The Morgan fingerprint density at radius 2 is 2.38 bits per heavy atom. The Balaban J connectivity index is 2.12. The fourth-order valence-electron chi connectivity index (χ4n) is 1.31. The highest BCUT2D eigenvalue weighted by molar-refractivity contribution is 7.09. The third-order valence-corrected chi connectivity index (χ3v) is 2.96. The molecule has 2 rings (SSSR count). The number of rotatable bonds is 4. The van der Waals surface area contributed by atoms with Crippen LogP contribution in [-0.4, -0.2) is 16.1 Å². The van der Waals surface area contributed by atoms with Gasteiger partial charge in [0.1, 0.15) is 5.56 Å². The van der Waals surface area contributed by atoms with Gasteiger partial charge in [0.05, 0.1) is 5.69 Å². The van der Waals surface area contributed by atoms with Gasteiger partial charge in [0.2, 0.25) is 0 Å². The van der Waals surface area contributed by atoms with E-state index in [9.17, 15) is 4.79 Å². The van der Waals surface area contributed by atoms with Gasteiger partial charge >= 0.3 is 5.97 Å². The molecule has 0 fully saturated rings. The van der Waals surface area contributed by atoms with Crippen molar-refractivity contribution >= 4 is 23.0 Å². The van der Waals surface area contributed by atoms with E-state index in [0.717, 1.165) is 4.88 Å². The van der Waals surface area contributed by atoms with Crippen molar-refractivity contribution in [3.05, 3.63) is 46.4 Å². The number of hydrogen-bond acceptors (Lipinski definition) is 4. The van der Waals surface area contributed by atoms with E-state index in [1.807, 2.05) is 17.5 Å². The lowest BCUT2D eigenvalue weighted by molar-refractivity contribution is 0.0697. The average Bonchev–Trinajstić information content (AvgIpc) is 2.79. The topological polar surface area (TPSA) is 62.2 Å². The summed E-state index contributed by atoms with van der Waals surface area (Å²) in [5, 5.41) is 14.0. The minimum Gasteiger partial charge on any atom is -0.478 e. The summed E-state index contributed by atoms with van der Waals surface area (Å²) in [6, 6.07) is 5.63. The quantitative estimate of drug-likeness (QED) is 0.853. The van der Waals surface area contributed by atoms with E-state index in [4.69, 9.17) is 5.11 Å². The lowest BCUT2D eigenvalue weighted by Gasteiger charge is -2.07. The van der Waals surface area contributed by atoms with Crippen molar-refractivity contribution in [2.24, 2.45) is 0 Å². The van der Waals surface area contributed by atoms with Crippen molar-refractivity contribution in [1.82, 2.24) is 4.98 Å². The summed E-state index contributed by atoms with van der Waals surface area (Å²) in [4.78, 5) is 15.9. The van der Waals surface area contributed by atoms with Crippen LogP contribution < -0.4 is 5.32 Å². The molecule has 2 aromatic heterocycles. The highest BCUT2D eigenvalue weighted by Gasteiger charge is 2.09. The first kappa shape index (κ1) is 10.6. The molecule has 0 unspecified atom stereocenters. The Morgan fingerprint density at radius 3 is 3.06 bits per heavy atom. The molecule has 4 nitrogen and oxygen atoms in total. The second-order valence-electron chi connectivity index (χ2n) is 3.16. The molecule has 0 radical (unpaired) electrons. The van der Waals surface area contributed by atoms with Crippen LogP contribution in [0.3, 0.4) is 0 Å². The largest absolute Gasteiger partial charge is 0.478 e. The number of anilines is 1. The molecule has 0 spiro atoms. The molecule has 0 amide bonds. The maximum Gasteiger partial charge on any atom is 0.339 e. The van der Waals surface area contributed by atoms with Crippen molar-refractivity contribution in [1.29, 1.82) is 0 Å². The molecule has 0 aliphatic rings. The summed E-state index contributed by atoms with van der Waals surface area (Å²) in [5.41, 5.74) is 0.787. The average molecular weight is 234 g/mol. The van der Waals surface area contributed by atoms with Crippen LogP contribution in [0.15, 0.2) is 36.0 Å². The number of pyridine rings is 1. The number of carbonyl (C=O) groups is 1. The minimum absolute atomic E-state index is 0.194. The van der Waals surface area contributed by atoms with Crippen molar-refractivity contribution in [2.45, 2.75) is 6.54 Å². The van der Waals surface area contributed by atoms with Gasteiger partial charge in [-0.15, -0.1) is 11.3 Å². The van der Waals surface area contributed by atoms with Crippen LogP contribution in [-0.2, 0) is 6.54 Å². The third kappa shape index (κ3) is 2.38. The summed E-state index contributed by atoms with van der Waals surface area (Å²) in [6.45, 7) is 0.627. The fourth-order valence-corrected chi connectivity index (χ4v) is 1.96. The molecule has 0 aliphatic carbocycles. The van der Waals surface area contributed by atoms with Gasteiger partial charge in [-0.2, -0.15) is 0 Å². The van der Waals surface area contributed by atoms with Gasteiger partial charge < -0.3 is 10.4 Å². The number of carboxylic acid groups (broad SMARTS) is 1. The first-order valence-electron chi connectivity index (χ1n) is 4.71. The minimum atomic E-state index is -0.971. The fraction of sp³-hybridized carbons (Fsp3) is 0.0909. The van der Waals surface area contributed by atoms with Gasteiger partial charge in [-0.3, -0.25) is 4.98 Å². The zero-order valence-corrected chi connectivity index (χ0v) is 9.20. The van der Waals surface area contributed by atoms with Gasteiger partial charge in [-0.1, -0.05) is 6.07 Å². The van der Waals surface area contributed by atoms with E-state index in [1.165, 1.54) is 6.20 Å². The molecule has 2 aromatic rings. The molecule has 2 heterocycles. The molecule has 16 heavy (non-hydrogen) atoms. The Morgan fingerprint density at radius 1 is 1.50 bits per heavy atom. The Kier molecular flexibility index (Phi) is 3.16. The Hall–Kier alpha value is -1.88. The van der Waals surface area contributed by atoms with Crippen molar-refractivity contribution in [3.8, 4) is 0 Å². The highest BCUT2D eigenvalue weighted by atomic mass is 32.1. The lowest BCUT2D eigenvalue weighted by atomic mass is 10.2. The van der Waals surface area contributed by atoms with Crippen LogP contribution in [0.5, 0.6) is 0 Å². The number of aromatic carboxylic acids is 1. The van der Waals surface area contributed by atoms with E-state index >= 15 is 0 Å². The van der Waals surface area contributed by atoms with E-state index in [0.29, 0.717) is 12.2 Å². The van der Waals surface area contributed by atoms with E-state index in [1.54, 1.807) is 23.6 Å². The predicted molar refractivity (Wildman–Crippen MR) is 62.8 cm³/mol. The first-order valence-corrected chi connectivity index (χ1v) is 5.59. The first-order chi connectivity index (χ1) is 7.77. The number of carboxylic acids is 1. The monoisotopic (exact) mass is 234 g/mol.